The maximum atomic E-state index is 12.6. The molecule has 2 saturated heterocycles. The first kappa shape index (κ1) is 41.1. The number of fused-ring (bicyclic) bond motifs is 5. The molecule has 1 aliphatic carbocycles. The van der Waals surface area contributed by atoms with Crippen LogP contribution in [0.2, 0.25) is 6.32 Å². The minimum atomic E-state index is 0.0314. The van der Waals surface area contributed by atoms with E-state index in [2.05, 4.69) is 101 Å². The molecule has 3 atom stereocenters. The number of carbonyl (C=O) groups is 1. The lowest BCUT2D eigenvalue weighted by atomic mass is 9.41. The van der Waals surface area contributed by atoms with Crippen LogP contribution < -0.4 is 21.8 Å². The monoisotopic (exact) mass is 643 g/mol. The van der Waals surface area contributed by atoms with E-state index in [-0.39, 0.29) is 30.1 Å². The van der Waals surface area contributed by atoms with E-state index in [0.29, 0.717) is 30.8 Å². The Bertz CT molecular complexity index is 1140. The van der Waals surface area contributed by atoms with Gasteiger partial charge in [0.05, 0.1) is 18.3 Å². The maximum Gasteiger partial charge on any atom is 0.316 e. The molecule has 260 valence electrons. The van der Waals surface area contributed by atoms with E-state index in [0.717, 1.165) is 68.0 Å². The van der Waals surface area contributed by atoms with Crippen molar-refractivity contribution in [1.29, 1.82) is 0 Å². The third kappa shape index (κ3) is 13.1. The number of amides is 1. The molecule has 11 heteroatoms. The van der Waals surface area contributed by atoms with Gasteiger partial charge in [-0.25, -0.2) is 5.43 Å². The lowest BCUT2D eigenvalue weighted by Gasteiger charge is -2.58. The van der Waals surface area contributed by atoms with Gasteiger partial charge in [-0.05, 0) is 85.6 Å². The van der Waals surface area contributed by atoms with E-state index in [1.54, 1.807) is 0 Å². The first-order valence-electron chi connectivity index (χ1n) is 16.8. The van der Waals surface area contributed by atoms with Gasteiger partial charge < -0.3 is 26.1 Å². The fourth-order valence-electron chi connectivity index (χ4n) is 7.04. The van der Waals surface area contributed by atoms with E-state index in [1.165, 1.54) is 12.0 Å². The molecular weight excluding hydrogens is 579 g/mol. The summed E-state index contributed by atoms with van der Waals surface area (Å²) in [7, 11) is 1.00. The molecule has 10 nitrogen and oxygen atoms in total. The zero-order valence-electron chi connectivity index (χ0n) is 30.3. The summed E-state index contributed by atoms with van der Waals surface area (Å²) >= 11 is 0. The molecule has 0 aromatic heterocycles. The van der Waals surface area contributed by atoms with Crippen molar-refractivity contribution in [3.63, 3.8) is 0 Å². The second-order valence-corrected chi connectivity index (χ2v) is 14.5. The van der Waals surface area contributed by atoms with Gasteiger partial charge in [-0.3, -0.25) is 9.79 Å². The third-order valence-corrected chi connectivity index (χ3v) is 9.52. The molecule has 1 saturated carbocycles. The zero-order valence-corrected chi connectivity index (χ0v) is 30.3. The third-order valence-electron chi connectivity index (χ3n) is 9.52. The highest BCUT2D eigenvalue weighted by molar-refractivity contribution is 6.54. The van der Waals surface area contributed by atoms with Crippen molar-refractivity contribution in [2.24, 2.45) is 44.6 Å². The Labute approximate surface area is 279 Å². The second kappa shape index (κ2) is 19.7. The van der Waals surface area contributed by atoms with E-state index >= 15 is 0 Å². The molecule has 2 heterocycles. The van der Waals surface area contributed by atoms with Crippen LogP contribution >= 0.6 is 0 Å². The summed E-state index contributed by atoms with van der Waals surface area (Å²) in [6.45, 7) is 26.7. The molecule has 3 unspecified atom stereocenters. The molecule has 3 aliphatic rings. The normalized spacial score (nSPS) is 20.5. The number of nitrogens with zero attached hydrogens (tertiary/aromatic N) is 2. The summed E-state index contributed by atoms with van der Waals surface area (Å²) in [6, 6.07) is 6.27. The van der Waals surface area contributed by atoms with Crippen LogP contribution in [0.25, 0.3) is 0 Å². The van der Waals surface area contributed by atoms with Gasteiger partial charge in [-0.15, -0.1) is 4.91 Å². The maximum absolute atomic E-state index is 12.6. The number of carbonyl (C=O) groups excluding carboxylic acids is 1. The number of aliphatic imine (C=N–C) groups is 1. The average Bonchev–Trinajstić information content (AvgIpc) is 3.08. The zero-order chi connectivity index (χ0) is 35.1. The fraction of sp³-hybridized carbons (Fsp3) is 0.714. The smallest absolute Gasteiger partial charge is 0.316 e. The Balaban J connectivity index is 0.000000829. The number of rotatable bonds is 12. The van der Waals surface area contributed by atoms with E-state index < -0.39 is 0 Å². The lowest BCUT2D eigenvalue weighted by molar-refractivity contribution is -0.120. The Morgan fingerprint density at radius 3 is 2.48 bits per heavy atom. The number of nitrogens with one attached hydrogen (secondary N) is 3. The van der Waals surface area contributed by atoms with Crippen molar-refractivity contribution in [3.8, 4) is 0 Å². The van der Waals surface area contributed by atoms with Crippen LogP contribution in [-0.4, -0.2) is 56.6 Å². The summed E-state index contributed by atoms with van der Waals surface area (Å²) < 4.78 is 6.59. The van der Waals surface area contributed by atoms with Gasteiger partial charge in [0.2, 0.25) is 11.9 Å². The van der Waals surface area contributed by atoms with Crippen molar-refractivity contribution in [2.75, 3.05) is 26.8 Å². The van der Waals surface area contributed by atoms with Gasteiger partial charge >= 0.3 is 6.92 Å². The molecule has 6 N–H and O–H groups in total. The summed E-state index contributed by atoms with van der Waals surface area (Å²) in [5.74, 6) is 2.34. The predicted octanol–water partition coefficient (Wildman–Crippen LogP) is 5.71. The van der Waals surface area contributed by atoms with Gasteiger partial charge in [0.15, 0.2) is 0 Å². The number of guanidine groups is 1. The Kier molecular flexibility index (Phi) is 17.6. The van der Waals surface area contributed by atoms with Crippen LogP contribution in [0.1, 0.15) is 90.8 Å². The molecule has 2 aliphatic heterocycles. The van der Waals surface area contributed by atoms with Crippen LogP contribution in [0.4, 0.5) is 0 Å². The van der Waals surface area contributed by atoms with Crippen molar-refractivity contribution in [2.45, 2.75) is 107 Å². The molecule has 2 bridgehead atoms. The molecule has 0 spiro atoms. The van der Waals surface area contributed by atoms with Gasteiger partial charge in [0.25, 0.3) is 0 Å². The first-order chi connectivity index (χ1) is 21.6. The number of aliphatic hydroxyl groups excluding tert-OH is 1. The van der Waals surface area contributed by atoms with Crippen molar-refractivity contribution in [1.82, 2.24) is 16.1 Å². The van der Waals surface area contributed by atoms with Gasteiger partial charge in [0.1, 0.15) is 0 Å². The van der Waals surface area contributed by atoms with Crippen LogP contribution in [0.3, 0.4) is 0 Å². The van der Waals surface area contributed by atoms with Gasteiger partial charge in [0, 0.05) is 31.9 Å². The summed E-state index contributed by atoms with van der Waals surface area (Å²) in [4.78, 5) is 25.8. The molecule has 3 fully saturated rings. The number of hydrogen-bond acceptors (Lipinski definition) is 7. The molecule has 4 rings (SSSR count). The standard InChI is InChI=1S/C30H49BN2O2.C4H10N4O.CH4O/c1-20(2)14-27(31-19-29(6,7)26-17-25(12-13-35-31)30(26,8)9)33-23(5)18-32-28(34)16-24-15-21(3)10-11-22(24)4;1-2-3-6-4(5)7-8-9;1-2/h10-11,15,20,25-27,33H,5,12-14,16-19H2,1-4,6-9H3,(H,32,34);2-3H2,1H3,(H3,5,6,7,9);2H,1H3. The molecule has 1 aromatic rings. The second-order valence-electron chi connectivity index (χ2n) is 14.5. The van der Waals surface area contributed by atoms with Crippen molar-refractivity contribution in [3.05, 3.63) is 52.1 Å². The quantitative estimate of drug-likeness (QED) is 0.0644. The highest BCUT2D eigenvalue weighted by atomic mass is 16.4. The van der Waals surface area contributed by atoms with Crippen LogP contribution in [0, 0.1) is 47.3 Å². The van der Waals surface area contributed by atoms with Crippen molar-refractivity contribution >= 4 is 18.8 Å². The van der Waals surface area contributed by atoms with Crippen LogP contribution in [-0.2, 0) is 15.9 Å². The SMILES string of the molecule is C=C(CNC(=O)Cc1cc(C)ccc1C)NC(CC(C)C)B1CC(C)(C)C2CC(CCO1)C2(C)C.CCCN=C(N)NN=O.CO. The average molecular weight is 643 g/mol. The van der Waals surface area contributed by atoms with Crippen LogP contribution in [0.5, 0.6) is 0 Å². The predicted molar refractivity (Wildman–Crippen MR) is 192 cm³/mol. The summed E-state index contributed by atoms with van der Waals surface area (Å²) in [5.41, 5.74) is 12.0. The minimum Gasteiger partial charge on any atom is -0.434 e. The Morgan fingerprint density at radius 2 is 1.89 bits per heavy atom. The van der Waals surface area contributed by atoms with Gasteiger partial charge in [-0.1, -0.05) is 78.8 Å². The molecule has 1 aromatic carbocycles. The highest BCUT2D eigenvalue weighted by Crippen LogP contribution is 2.61. The molecule has 1 amide bonds. The van der Waals surface area contributed by atoms with E-state index in [9.17, 15) is 9.70 Å². The summed E-state index contributed by atoms with van der Waals surface area (Å²) in [5, 5.41) is 16.1. The number of nitrogens with two attached hydrogens (primary N) is 1. The molecule has 0 radical (unpaired) electrons. The van der Waals surface area contributed by atoms with E-state index in [1.807, 2.05) is 12.3 Å². The molecular formula is C35H63BN6O4. The topological polar surface area (TPSA) is 150 Å². The summed E-state index contributed by atoms with van der Waals surface area (Å²) in [6.07, 6.45) is 5.85. The number of benzene rings is 1. The van der Waals surface area contributed by atoms with Gasteiger partial charge in [-0.2, -0.15) is 0 Å². The number of aliphatic hydroxyl groups is 1. The number of hydrogen-bond donors (Lipinski definition) is 5. The highest BCUT2D eigenvalue weighted by Gasteiger charge is 2.55. The number of nitroso groups, excluding NO2 is 1. The first-order valence-corrected chi connectivity index (χ1v) is 16.8. The number of aryl methyl sites for hydroxylation is 2. The largest absolute Gasteiger partial charge is 0.434 e. The Hall–Kier alpha value is -2.92. The van der Waals surface area contributed by atoms with Crippen LogP contribution in [0.15, 0.2) is 40.8 Å². The van der Waals surface area contributed by atoms with Crippen molar-refractivity contribution < 1.29 is 14.6 Å². The van der Waals surface area contributed by atoms with E-state index in [4.69, 9.17) is 15.5 Å². The lowest BCUT2D eigenvalue weighted by Crippen LogP contribution is -2.53. The minimum absolute atomic E-state index is 0.0314. The Morgan fingerprint density at radius 1 is 1.22 bits per heavy atom. The molecule has 46 heavy (non-hydrogen) atoms. The fourth-order valence-corrected chi connectivity index (χ4v) is 7.04.